The third kappa shape index (κ3) is 4.76. The number of hydrogen-bond acceptors (Lipinski definition) is 2. The Morgan fingerprint density at radius 3 is 1.18 bits per heavy atom. The number of alkyl halides is 6. The lowest BCUT2D eigenvalue weighted by Crippen LogP contribution is -2.05. The zero-order chi connectivity index (χ0) is 34.9. The first-order valence-electron chi connectivity index (χ1n) is 15.3. The van der Waals surface area contributed by atoms with Gasteiger partial charge in [-0.1, -0.05) is 36.4 Å². The van der Waals surface area contributed by atoms with Gasteiger partial charge in [0.05, 0.1) is 67.8 Å². The fourth-order valence-electron chi connectivity index (χ4n) is 6.85. The zero-order valence-electron chi connectivity index (χ0n) is 25.6. The van der Waals surface area contributed by atoms with Crippen molar-refractivity contribution in [2.75, 3.05) is 0 Å². The molecule has 0 saturated carbocycles. The maximum Gasteiger partial charge on any atom is 0.416 e. The Morgan fingerprint density at radius 2 is 0.800 bits per heavy atom. The van der Waals surface area contributed by atoms with Crippen LogP contribution in [-0.2, 0) is 12.4 Å². The summed E-state index contributed by atoms with van der Waals surface area (Å²) in [5.41, 5.74) is 3.19. The molecule has 0 aliphatic carbocycles. The van der Waals surface area contributed by atoms with Gasteiger partial charge in [0.2, 0.25) is 0 Å². The number of para-hydroxylation sites is 2. The molecule has 0 saturated heterocycles. The monoisotopic (exact) mass is 670 g/mol. The Balaban J connectivity index is 1.48. The van der Waals surface area contributed by atoms with Gasteiger partial charge in [-0.25, -0.2) is 0 Å². The smallest absolute Gasteiger partial charge is 0.309 e. The Hall–Kier alpha value is -6.52. The Labute approximate surface area is 279 Å². The average molecular weight is 671 g/mol. The second kappa shape index (κ2) is 11.0. The first-order chi connectivity index (χ1) is 24.0. The molecule has 0 unspecified atom stereocenters. The lowest BCUT2D eigenvalue weighted by Gasteiger charge is -2.19. The van der Waals surface area contributed by atoms with E-state index in [-0.39, 0.29) is 11.1 Å². The minimum atomic E-state index is -4.56. The van der Waals surface area contributed by atoms with Crippen LogP contribution in [0.4, 0.5) is 26.3 Å². The van der Waals surface area contributed by atoms with E-state index in [9.17, 15) is 36.9 Å². The van der Waals surface area contributed by atoms with E-state index in [1.54, 1.807) is 84.9 Å². The van der Waals surface area contributed by atoms with Crippen molar-refractivity contribution in [2.45, 2.75) is 12.4 Å². The molecule has 242 valence electrons. The molecule has 4 nitrogen and oxygen atoms in total. The SMILES string of the molecule is N#Cc1ccc(-n2c3ccccc3c3cc(C(F)(F)F)ccc32)c(-c2cc(C#N)ccc2-n2c3ccccc3c3cc(C(F)(F)F)ccc32)c1. The van der Waals surface area contributed by atoms with Gasteiger partial charge in [-0.2, -0.15) is 36.9 Å². The Bertz CT molecular complexity index is 2580. The van der Waals surface area contributed by atoms with Crippen molar-refractivity contribution in [1.82, 2.24) is 9.13 Å². The van der Waals surface area contributed by atoms with Crippen molar-refractivity contribution in [3.8, 4) is 34.6 Å². The highest BCUT2D eigenvalue weighted by atomic mass is 19.4. The third-order valence-corrected chi connectivity index (χ3v) is 9.02. The third-order valence-electron chi connectivity index (χ3n) is 9.02. The molecule has 0 N–H and O–H groups in total. The van der Waals surface area contributed by atoms with Crippen LogP contribution in [-0.4, -0.2) is 9.13 Å². The number of halogens is 6. The highest BCUT2D eigenvalue weighted by Crippen LogP contribution is 2.43. The summed E-state index contributed by atoms with van der Waals surface area (Å²) in [5.74, 6) is 0. The van der Waals surface area contributed by atoms with Gasteiger partial charge in [-0.3, -0.25) is 0 Å². The molecule has 0 radical (unpaired) electrons. The van der Waals surface area contributed by atoms with E-state index in [2.05, 4.69) is 12.1 Å². The van der Waals surface area contributed by atoms with Gasteiger partial charge >= 0.3 is 12.4 Å². The first kappa shape index (κ1) is 30.8. The summed E-state index contributed by atoms with van der Waals surface area (Å²) >= 11 is 0. The number of nitrogens with zero attached hydrogens (tertiary/aromatic N) is 4. The lowest BCUT2D eigenvalue weighted by atomic mass is 9.97. The highest BCUT2D eigenvalue weighted by Gasteiger charge is 2.32. The van der Waals surface area contributed by atoms with Gasteiger partial charge in [0.15, 0.2) is 0 Å². The van der Waals surface area contributed by atoms with Crippen molar-refractivity contribution in [2.24, 2.45) is 0 Å². The standard InChI is InChI=1S/C40H20F6N4/c41-39(42,43)25-11-15-37-31(19-25)27-5-1-3-7-33(27)49(37)35-13-9-23(21-47)17-29(35)30-18-24(22-48)10-14-36(30)50-34-8-4-2-6-28(34)32-20-26(40(44,45)46)12-16-38(32)50/h1-20H. The van der Waals surface area contributed by atoms with Crippen LogP contribution in [0, 0.1) is 22.7 Å². The van der Waals surface area contributed by atoms with Crippen LogP contribution in [0.25, 0.3) is 66.1 Å². The topological polar surface area (TPSA) is 57.4 Å². The highest BCUT2D eigenvalue weighted by molar-refractivity contribution is 6.11. The second-order valence-electron chi connectivity index (χ2n) is 11.9. The molecule has 0 amide bonds. The summed E-state index contributed by atoms with van der Waals surface area (Å²) in [4.78, 5) is 0. The zero-order valence-corrected chi connectivity index (χ0v) is 25.6. The molecule has 0 spiro atoms. The molecule has 2 aromatic heterocycles. The van der Waals surface area contributed by atoms with Crippen LogP contribution in [0.3, 0.4) is 0 Å². The van der Waals surface area contributed by atoms with Gasteiger partial charge < -0.3 is 9.13 Å². The summed E-state index contributed by atoms with van der Waals surface area (Å²) in [6, 6.07) is 35.5. The van der Waals surface area contributed by atoms with Crippen LogP contribution >= 0.6 is 0 Å². The molecule has 50 heavy (non-hydrogen) atoms. The van der Waals surface area contributed by atoms with Gasteiger partial charge in [0.1, 0.15) is 0 Å². The van der Waals surface area contributed by atoms with Crippen LogP contribution < -0.4 is 0 Å². The largest absolute Gasteiger partial charge is 0.416 e. The van der Waals surface area contributed by atoms with E-state index in [1.807, 2.05) is 9.13 Å². The molecule has 2 heterocycles. The molecule has 6 aromatic carbocycles. The minimum absolute atomic E-state index is 0.286. The number of aromatic nitrogens is 2. The quantitative estimate of drug-likeness (QED) is 0.176. The van der Waals surface area contributed by atoms with Gasteiger partial charge in [0.25, 0.3) is 0 Å². The summed E-state index contributed by atoms with van der Waals surface area (Å²) < 4.78 is 86.7. The molecule has 0 atom stereocenters. The normalized spacial score (nSPS) is 12.2. The van der Waals surface area contributed by atoms with Crippen molar-refractivity contribution in [1.29, 1.82) is 10.5 Å². The molecular formula is C40H20F6N4. The predicted octanol–water partition coefficient (Wildman–Crippen LogP) is 11.3. The number of nitriles is 2. The fourth-order valence-corrected chi connectivity index (χ4v) is 6.85. The van der Waals surface area contributed by atoms with Crippen LogP contribution in [0.2, 0.25) is 0 Å². The summed E-state index contributed by atoms with van der Waals surface area (Å²) in [5, 5.41) is 21.9. The van der Waals surface area contributed by atoms with E-state index >= 15 is 0 Å². The maximum atomic E-state index is 13.8. The molecule has 0 fully saturated rings. The van der Waals surface area contributed by atoms with Crippen LogP contribution in [0.5, 0.6) is 0 Å². The van der Waals surface area contributed by atoms with Gasteiger partial charge in [0, 0.05) is 32.7 Å². The molecule has 8 rings (SSSR count). The molecule has 0 aliphatic rings. The summed E-state index contributed by atoms with van der Waals surface area (Å²) in [6.45, 7) is 0. The Kier molecular flexibility index (Phi) is 6.78. The molecule has 8 aromatic rings. The first-order valence-corrected chi connectivity index (χ1v) is 15.3. The summed E-state index contributed by atoms with van der Waals surface area (Å²) in [7, 11) is 0. The number of hydrogen-bond donors (Lipinski definition) is 0. The van der Waals surface area contributed by atoms with Crippen molar-refractivity contribution >= 4 is 43.6 Å². The second-order valence-corrected chi connectivity index (χ2v) is 11.9. The fraction of sp³-hybridized carbons (Fsp3) is 0.0500. The van der Waals surface area contributed by atoms with Crippen molar-refractivity contribution in [3.05, 3.63) is 144 Å². The predicted molar refractivity (Wildman–Crippen MR) is 180 cm³/mol. The Morgan fingerprint density at radius 1 is 0.420 bits per heavy atom. The number of rotatable bonds is 3. The average Bonchev–Trinajstić information content (AvgIpc) is 3.62. The van der Waals surface area contributed by atoms with E-state index < -0.39 is 23.5 Å². The summed E-state index contributed by atoms with van der Waals surface area (Å²) in [6.07, 6.45) is -9.13. The molecule has 0 bridgehead atoms. The molecular weight excluding hydrogens is 650 g/mol. The maximum absolute atomic E-state index is 13.8. The van der Waals surface area contributed by atoms with E-state index in [1.165, 1.54) is 12.1 Å². The van der Waals surface area contributed by atoms with E-state index in [4.69, 9.17) is 0 Å². The van der Waals surface area contributed by atoms with E-state index in [0.717, 1.165) is 24.3 Å². The lowest BCUT2D eigenvalue weighted by molar-refractivity contribution is -0.138. The molecule has 10 heteroatoms. The van der Waals surface area contributed by atoms with Crippen LogP contribution in [0.15, 0.2) is 121 Å². The number of fused-ring (bicyclic) bond motifs is 6. The van der Waals surface area contributed by atoms with Crippen molar-refractivity contribution < 1.29 is 26.3 Å². The molecule has 0 aliphatic heterocycles. The number of benzene rings is 6. The minimum Gasteiger partial charge on any atom is -0.309 e. The van der Waals surface area contributed by atoms with Crippen molar-refractivity contribution in [3.63, 3.8) is 0 Å². The van der Waals surface area contributed by atoms with E-state index in [0.29, 0.717) is 66.1 Å². The van der Waals surface area contributed by atoms with Crippen LogP contribution in [0.1, 0.15) is 22.3 Å². The van der Waals surface area contributed by atoms with Gasteiger partial charge in [-0.15, -0.1) is 0 Å². The van der Waals surface area contributed by atoms with Gasteiger partial charge in [-0.05, 0) is 84.9 Å².